The average molecular weight is 254 g/mol. The zero-order valence-corrected chi connectivity index (χ0v) is 9.84. The Balaban J connectivity index is 1.94. The number of nitrogen functional groups attached to an aromatic ring is 1. The molecule has 7 heteroatoms. The van der Waals surface area contributed by atoms with Gasteiger partial charge in [0.25, 0.3) is 0 Å². The van der Waals surface area contributed by atoms with Crippen LogP contribution in [0.15, 0.2) is 29.5 Å². The van der Waals surface area contributed by atoms with E-state index < -0.39 is 0 Å². The van der Waals surface area contributed by atoms with E-state index in [1.807, 2.05) is 0 Å². The molecule has 0 amide bonds. The van der Waals surface area contributed by atoms with Crippen molar-refractivity contribution in [2.75, 3.05) is 5.73 Å². The molecule has 0 aliphatic rings. The maximum atomic E-state index is 11.4. The van der Waals surface area contributed by atoms with Gasteiger partial charge in [0, 0.05) is 25.5 Å². The number of hydrogen-bond acceptors (Lipinski definition) is 4. The highest BCUT2D eigenvalue weighted by molar-refractivity contribution is 6.30. The number of hydrogen-bond donors (Lipinski definition) is 1. The fraction of sp³-hybridized carbons (Fsp3) is 0.300. The number of halogens is 1. The van der Waals surface area contributed by atoms with Gasteiger partial charge in [-0.1, -0.05) is 11.6 Å². The Morgan fingerprint density at radius 1 is 1.41 bits per heavy atom. The van der Waals surface area contributed by atoms with E-state index in [9.17, 15) is 4.79 Å². The van der Waals surface area contributed by atoms with Crippen molar-refractivity contribution < 1.29 is 0 Å². The van der Waals surface area contributed by atoms with Gasteiger partial charge in [0.05, 0.1) is 11.2 Å². The Morgan fingerprint density at radius 3 is 2.94 bits per heavy atom. The Morgan fingerprint density at radius 2 is 2.24 bits per heavy atom. The summed E-state index contributed by atoms with van der Waals surface area (Å²) < 4.78 is 3.22. The quantitative estimate of drug-likeness (QED) is 0.873. The van der Waals surface area contributed by atoms with Gasteiger partial charge in [-0.05, 0) is 12.5 Å². The fourth-order valence-electron chi connectivity index (χ4n) is 1.49. The fourth-order valence-corrected chi connectivity index (χ4v) is 1.66. The zero-order valence-electron chi connectivity index (χ0n) is 9.08. The molecule has 0 fully saturated rings. The van der Waals surface area contributed by atoms with E-state index in [0.717, 1.165) is 6.42 Å². The lowest BCUT2D eigenvalue weighted by Crippen LogP contribution is -2.22. The van der Waals surface area contributed by atoms with Gasteiger partial charge in [-0.2, -0.15) is 5.10 Å². The monoisotopic (exact) mass is 253 g/mol. The normalized spacial score (nSPS) is 10.6. The van der Waals surface area contributed by atoms with E-state index in [4.69, 9.17) is 17.3 Å². The van der Waals surface area contributed by atoms with E-state index in [0.29, 0.717) is 23.9 Å². The minimum atomic E-state index is -0.297. The first-order valence-corrected chi connectivity index (χ1v) is 5.54. The van der Waals surface area contributed by atoms with Crippen LogP contribution in [0.25, 0.3) is 0 Å². The molecule has 2 heterocycles. The van der Waals surface area contributed by atoms with Crippen LogP contribution in [-0.4, -0.2) is 19.3 Å². The molecule has 0 aromatic carbocycles. The number of nitrogens with two attached hydrogens (primary N) is 1. The molecule has 0 saturated heterocycles. The third-order valence-electron chi connectivity index (χ3n) is 2.27. The second-order valence-corrected chi connectivity index (χ2v) is 4.04. The number of aryl methyl sites for hydroxylation is 2. The standard InChI is InChI=1S/C10H12ClN5O/c11-8-6-13-10(17)15(7-8)3-1-4-16-5-2-9(12)14-16/h2,5-7H,1,3-4H2,(H2,12,14). The van der Waals surface area contributed by atoms with Gasteiger partial charge in [-0.15, -0.1) is 0 Å². The molecule has 2 aromatic rings. The van der Waals surface area contributed by atoms with Crippen molar-refractivity contribution in [1.29, 1.82) is 0 Å². The van der Waals surface area contributed by atoms with E-state index >= 15 is 0 Å². The van der Waals surface area contributed by atoms with Gasteiger partial charge < -0.3 is 5.73 Å². The molecular weight excluding hydrogens is 242 g/mol. The van der Waals surface area contributed by atoms with Crippen LogP contribution in [-0.2, 0) is 13.1 Å². The molecule has 0 unspecified atom stereocenters. The highest BCUT2D eigenvalue weighted by atomic mass is 35.5. The summed E-state index contributed by atoms with van der Waals surface area (Å²) in [6.45, 7) is 1.24. The average Bonchev–Trinajstić information content (AvgIpc) is 2.69. The third kappa shape index (κ3) is 3.07. The lowest BCUT2D eigenvalue weighted by molar-refractivity contribution is 0.515. The second-order valence-electron chi connectivity index (χ2n) is 3.61. The summed E-state index contributed by atoms with van der Waals surface area (Å²) in [5, 5.41) is 4.50. The molecule has 0 bridgehead atoms. The van der Waals surface area contributed by atoms with Gasteiger partial charge in [-0.25, -0.2) is 9.78 Å². The third-order valence-corrected chi connectivity index (χ3v) is 2.47. The Bertz CT molecular complexity index is 562. The van der Waals surface area contributed by atoms with Crippen molar-refractivity contribution in [3.8, 4) is 0 Å². The number of aromatic nitrogens is 4. The predicted molar refractivity (Wildman–Crippen MR) is 64.8 cm³/mol. The highest BCUT2D eigenvalue weighted by Gasteiger charge is 1.99. The first kappa shape index (κ1) is 11.7. The first-order chi connectivity index (χ1) is 8.15. The molecule has 2 N–H and O–H groups in total. The van der Waals surface area contributed by atoms with Crippen LogP contribution < -0.4 is 11.4 Å². The van der Waals surface area contributed by atoms with E-state index in [2.05, 4.69) is 10.1 Å². The van der Waals surface area contributed by atoms with Crippen molar-refractivity contribution in [1.82, 2.24) is 19.3 Å². The molecule has 0 spiro atoms. The van der Waals surface area contributed by atoms with Crippen LogP contribution in [0, 0.1) is 0 Å². The molecule has 0 radical (unpaired) electrons. The summed E-state index contributed by atoms with van der Waals surface area (Å²) in [5.74, 6) is 0.492. The molecule has 0 aliphatic carbocycles. The smallest absolute Gasteiger partial charge is 0.347 e. The maximum Gasteiger partial charge on any atom is 0.347 e. The topological polar surface area (TPSA) is 78.7 Å². The summed E-state index contributed by atoms with van der Waals surface area (Å²) >= 11 is 5.76. The summed E-state index contributed by atoms with van der Waals surface area (Å²) in [6.07, 6.45) is 5.47. The molecular formula is C10H12ClN5O. The lowest BCUT2D eigenvalue weighted by atomic mass is 10.4. The maximum absolute atomic E-state index is 11.4. The molecule has 0 atom stereocenters. The Hall–Kier alpha value is -1.82. The van der Waals surface area contributed by atoms with Crippen LogP contribution in [0.3, 0.4) is 0 Å². The van der Waals surface area contributed by atoms with Crippen LogP contribution in [0.5, 0.6) is 0 Å². The predicted octanol–water partition coefficient (Wildman–Crippen LogP) is 0.766. The largest absolute Gasteiger partial charge is 0.382 e. The summed E-state index contributed by atoms with van der Waals surface area (Å²) in [4.78, 5) is 15.0. The van der Waals surface area contributed by atoms with Crippen LogP contribution in [0.4, 0.5) is 5.82 Å². The Labute approximate surface area is 103 Å². The minimum absolute atomic E-state index is 0.297. The van der Waals surface area contributed by atoms with Gasteiger partial charge in [0.2, 0.25) is 0 Å². The van der Waals surface area contributed by atoms with Gasteiger partial charge in [0.15, 0.2) is 0 Å². The number of anilines is 1. The zero-order chi connectivity index (χ0) is 12.3. The Kier molecular flexibility index (Phi) is 3.43. The van der Waals surface area contributed by atoms with Crippen molar-refractivity contribution in [2.45, 2.75) is 19.5 Å². The second kappa shape index (κ2) is 5.01. The van der Waals surface area contributed by atoms with Crippen molar-refractivity contribution in [3.63, 3.8) is 0 Å². The SMILES string of the molecule is Nc1ccn(CCCn2cc(Cl)cnc2=O)n1. The summed E-state index contributed by atoms with van der Waals surface area (Å²) in [5.41, 5.74) is 5.19. The van der Waals surface area contributed by atoms with Gasteiger partial charge in [-0.3, -0.25) is 9.25 Å². The van der Waals surface area contributed by atoms with Gasteiger partial charge >= 0.3 is 5.69 Å². The molecule has 6 nitrogen and oxygen atoms in total. The van der Waals surface area contributed by atoms with Gasteiger partial charge in [0.1, 0.15) is 5.82 Å². The van der Waals surface area contributed by atoms with Crippen molar-refractivity contribution in [2.24, 2.45) is 0 Å². The summed E-state index contributed by atoms with van der Waals surface area (Å²) in [6, 6.07) is 1.73. The molecule has 2 aromatic heterocycles. The summed E-state index contributed by atoms with van der Waals surface area (Å²) in [7, 11) is 0. The molecule has 17 heavy (non-hydrogen) atoms. The van der Waals surface area contributed by atoms with Crippen molar-refractivity contribution >= 4 is 17.4 Å². The van der Waals surface area contributed by atoms with E-state index in [1.54, 1.807) is 23.1 Å². The highest BCUT2D eigenvalue weighted by Crippen LogP contribution is 2.03. The van der Waals surface area contributed by atoms with Crippen LogP contribution >= 0.6 is 11.6 Å². The molecule has 0 saturated carbocycles. The minimum Gasteiger partial charge on any atom is -0.382 e. The number of rotatable bonds is 4. The van der Waals surface area contributed by atoms with E-state index in [1.165, 1.54) is 10.8 Å². The van der Waals surface area contributed by atoms with Crippen molar-refractivity contribution in [3.05, 3.63) is 40.2 Å². The number of nitrogens with zero attached hydrogens (tertiary/aromatic N) is 4. The lowest BCUT2D eigenvalue weighted by Gasteiger charge is -2.05. The molecule has 0 aliphatic heterocycles. The molecule has 2 rings (SSSR count). The van der Waals surface area contributed by atoms with Crippen LogP contribution in [0.1, 0.15) is 6.42 Å². The van der Waals surface area contributed by atoms with Crippen LogP contribution in [0.2, 0.25) is 5.02 Å². The first-order valence-electron chi connectivity index (χ1n) is 5.16. The molecule has 90 valence electrons. The van der Waals surface area contributed by atoms with E-state index in [-0.39, 0.29) is 5.69 Å².